The molecule has 0 fully saturated rings. The van der Waals surface area contributed by atoms with E-state index in [1.807, 2.05) is 48.5 Å². The van der Waals surface area contributed by atoms with Crippen LogP contribution in [0.2, 0.25) is 0 Å². The number of hydrogen-bond acceptors (Lipinski definition) is 2. The number of para-hydroxylation sites is 2. The zero-order chi connectivity index (χ0) is 12.1. The molecule has 0 aliphatic heterocycles. The van der Waals surface area contributed by atoms with Crippen LogP contribution in [-0.4, -0.2) is 7.69 Å². The van der Waals surface area contributed by atoms with Crippen LogP contribution in [0.1, 0.15) is 0 Å². The van der Waals surface area contributed by atoms with Gasteiger partial charge in [-0.2, -0.15) is 0 Å². The molecule has 0 N–H and O–H groups in total. The summed E-state index contributed by atoms with van der Waals surface area (Å²) in [6, 6.07) is 15.6. The minimum absolute atomic E-state index is 0.791. The maximum atomic E-state index is 5.44. The summed E-state index contributed by atoms with van der Waals surface area (Å²) >= 11 is 4.44. The Balaban J connectivity index is 1.93. The minimum Gasteiger partial charge on any atom is -0.525 e. The van der Waals surface area contributed by atoms with Crippen molar-refractivity contribution in [3.8, 4) is 11.5 Å². The summed E-state index contributed by atoms with van der Waals surface area (Å²) in [5.41, 5.74) is 0. The molecule has 0 unspecified atom stereocenters. The van der Waals surface area contributed by atoms with Gasteiger partial charge in [0, 0.05) is 0 Å². The molecular formula is C12H8BI2O2. The maximum absolute atomic E-state index is 5.44. The van der Waals surface area contributed by atoms with E-state index in [9.17, 15) is 0 Å². The topological polar surface area (TPSA) is 18.5 Å². The average molecular weight is 449 g/mol. The molecule has 85 valence electrons. The van der Waals surface area contributed by atoms with Crippen molar-refractivity contribution in [2.75, 3.05) is 0 Å². The molecule has 0 aliphatic rings. The molecule has 0 saturated heterocycles. The first-order valence-electron chi connectivity index (χ1n) is 4.91. The van der Waals surface area contributed by atoms with E-state index in [0.29, 0.717) is 0 Å². The molecule has 2 rings (SSSR count). The average Bonchev–Trinajstić information content (AvgIpc) is 2.34. The van der Waals surface area contributed by atoms with Crippen molar-refractivity contribution < 1.29 is 9.31 Å². The van der Waals surface area contributed by atoms with E-state index in [1.165, 1.54) is 7.69 Å². The van der Waals surface area contributed by atoms with Crippen molar-refractivity contribution in [1.82, 2.24) is 0 Å². The Kier molecular flexibility index (Phi) is 4.96. The molecule has 0 aromatic heterocycles. The highest BCUT2D eigenvalue weighted by molar-refractivity contribution is 14.1. The Labute approximate surface area is 128 Å². The SMILES string of the molecule is Ic1ccccc1O[B]Oc1ccccc1I. The smallest absolute Gasteiger partial charge is 0.525 e. The molecule has 5 heteroatoms. The second-order valence-corrected chi connectivity index (χ2v) is 5.52. The van der Waals surface area contributed by atoms with Gasteiger partial charge in [-0.3, -0.25) is 0 Å². The van der Waals surface area contributed by atoms with Crippen LogP contribution in [0.5, 0.6) is 11.5 Å². The maximum Gasteiger partial charge on any atom is 0.658 e. The number of benzene rings is 2. The monoisotopic (exact) mass is 449 g/mol. The Hall–Kier alpha value is -0.435. The first-order valence-corrected chi connectivity index (χ1v) is 7.07. The lowest BCUT2D eigenvalue weighted by molar-refractivity contribution is 0.455. The van der Waals surface area contributed by atoms with Crippen molar-refractivity contribution in [2.45, 2.75) is 0 Å². The molecule has 0 spiro atoms. The van der Waals surface area contributed by atoms with E-state index < -0.39 is 0 Å². The lowest BCUT2D eigenvalue weighted by Crippen LogP contribution is -2.12. The number of hydrogen-bond donors (Lipinski definition) is 0. The Morgan fingerprint density at radius 3 is 1.53 bits per heavy atom. The first-order chi connectivity index (χ1) is 8.27. The van der Waals surface area contributed by atoms with Crippen molar-refractivity contribution >= 4 is 52.9 Å². The largest absolute Gasteiger partial charge is 0.658 e. The van der Waals surface area contributed by atoms with Gasteiger partial charge in [-0.05, 0) is 69.4 Å². The minimum atomic E-state index is 0.791. The Morgan fingerprint density at radius 2 is 1.12 bits per heavy atom. The molecule has 2 nitrogen and oxygen atoms in total. The van der Waals surface area contributed by atoms with Crippen LogP contribution in [0.25, 0.3) is 0 Å². The van der Waals surface area contributed by atoms with E-state index in [0.717, 1.165) is 18.6 Å². The molecule has 2 aromatic carbocycles. The molecule has 0 amide bonds. The van der Waals surface area contributed by atoms with Gasteiger partial charge in [0.2, 0.25) is 0 Å². The second-order valence-electron chi connectivity index (χ2n) is 3.19. The van der Waals surface area contributed by atoms with Crippen LogP contribution in [0, 0.1) is 7.14 Å². The fraction of sp³-hybridized carbons (Fsp3) is 0. The second kappa shape index (κ2) is 6.48. The van der Waals surface area contributed by atoms with Gasteiger partial charge in [-0.1, -0.05) is 24.3 Å². The fourth-order valence-corrected chi connectivity index (χ4v) is 2.24. The van der Waals surface area contributed by atoms with Gasteiger partial charge in [-0.25, -0.2) is 0 Å². The summed E-state index contributed by atoms with van der Waals surface area (Å²) in [7, 11) is 1.36. The highest BCUT2D eigenvalue weighted by Crippen LogP contribution is 2.21. The van der Waals surface area contributed by atoms with Crippen LogP contribution < -0.4 is 9.31 Å². The van der Waals surface area contributed by atoms with E-state index in [2.05, 4.69) is 45.2 Å². The van der Waals surface area contributed by atoms with Gasteiger partial charge in [0.05, 0.1) is 7.14 Å². The first kappa shape index (κ1) is 13.0. The standard InChI is InChI=1S/C12H8BI2O2/c14-9-5-1-3-7-11(9)16-13-17-12-8-4-2-6-10(12)15/h1-8H. The summed E-state index contributed by atoms with van der Waals surface area (Å²) in [6.45, 7) is 0. The van der Waals surface area contributed by atoms with Gasteiger partial charge in [0.1, 0.15) is 11.5 Å². The van der Waals surface area contributed by atoms with E-state index in [1.54, 1.807) is 0 Å². The third kappa shape index (κ3) is 3.77. The Morgan fingerprint density at radius 1 is 0.706 bits per heavy atom. The van der Waals surface area contributed by atoms with Crippen molar-refractivity contribution in [2.24, 2.45) is 0 Å². The zero-order valence-corrected chi connectivity index (χ0v) is 13.1. The highest BCUT2D eigenvalue weighted by Gasteiger charge is 2.05. The molecular weight excluding hydrogens is 441 g/mol. The third-order valence-corrected chi connectivity index (χ3v) is 3.81. The highest BCUT2D eigenvalue weighted by atomic mass is 127. The lowest BCUT2D eigenvalue weighted by Gasteiger charge is -2.08. The summed E-state index contributed by atoms with van der Waals surface area (Å²) in [4.78, 5) is 0. The van der Waals surface area contributed by atoms with E-state index >= 15 is 0 Å². The van der Waals surface area contributed by atoms with Gasteiger partial charge >= 0.3 is 7.69 Å². The summed E-state index contributed by atoms with van der Waals surface area (Å²) in [5.74, 6) is 1.58. The zero-order valence-electron chi connectivity index (χ0n) is 8.77. The van der Waals surface area contributed by atoms with Crippen LogP contribution >= 0.6 is 45.2 Å². The van der Waals surface area contributed by atoms with Gasteiger partial charge in [0.25, 0.3) is 0 Å². The van der Waals surface area contributed by atoms with Gasteiger partial charge in [-0.15, -0.1) is 0 Å². The van der Waals surface area contributed by atoms with Crippen molar-refractivity contribution in [3.63, 3.8) is 0 Å². The van der Waals surface area contributed by atoms with Crippen molar-refractivity contribution in [1.29, 1.82) is 0 Å². The molecule has 0 aliphatic carbocycles. The molecule has 0 atom stereocenters. The predicted octanol–water partition coefficient (Wildman–Crippen LogP) is 3.89. The molecule has 0 heterocycles. The van der Waals surface area contributed by atoms with Gasteiger partial charge in [0.15, 0.2) is 0 Å². The van der Waals surface area contributed by atoms with Gasteiger partial charge < -0.3 is 9.31 Å². The molecule has 2 aromatic rings. The Bertz CT molecular complexity index is 460. The molecule has 0 saturated carbocycles. The number of rotatable bonds is 4. The quantitative estimate of drug-likeness (QED) is 0.522. The van der Waals surface area contributed by atoms with E-state index in [4.69, 9.17) is 9.31 Å². The van der Waals surface area contributed by atoms with E-state index in [-0.39, 0.29) is 0 Å². The third-order valence-electron chi connectivity index (χ3n) is 2.02. The summed E-state index contributed by atoms with van der Waals surface area (Å²) in [6.07, 6.45) is 0. The molecule has 1 radical (unpaired) electrons. The van der Waals surface area contributed by atoms with Crippen LogP contribution in [0.3, 0.4) is 0 Å². The fourth-order valence-electron chi connectivity index (χ4n) is 1.21. The number of halogens is 2. The molecule has 17 heavy (non-hydrogen) atoms. The van der Waals surface area contributed by atoms with Crippen molar-refractivity contribution in [3.05, 3.63) is 55.7 Å². The summed E-state index contributed by atoms with van der Waals surface area (Å²) < 4.78 is 13.0. The van der Waals surface area contributed by atoms with Crippen LogP contribution in [0.15, 0.2) is 48.5 Å². The normalized spacial score (nSPS) is 9.76. The van der Waals surface area contributed by atoms with Crippen LogP contribution in [0.4, 0.5) is 0 Å². The molecule has 0 bridgehead atoms. The van der Waals surface area contributed by atoms with Crippen LogP contribution in [-0.2, 0) is 0 Å². The summed E-state index contributed by atoms with van der Waals surface area (Å²) in [5, 5.41) is 0. The lowest BCUT2D eigenvalue weighted by atomic mass is 10.3. The predicted molar refractivity (Wildman–Crippen MR) is 85.3 cm³/mol.